The lowest BCUT2D eigenvalue weighted by Crippen LogP contribution is -2.13. The van der Waals surface area contributed by atoms with Crippen molar-refractivity contribution < 1.29 is 18.0 Å². The molecule has 0 aliphatic rings. The van der Waals surface area contributed by atoms with E-state index in [1.54, 1.807) is 35.8 Å². The molecule has 3 rings (SSSR count). The third kappa shape index (κ3) is 4.33. The predicted octanol–water partition coefficient (Wildman–Crippen LogP) is 5.81. The smallest absolute Gasteiger partial charge is 0.332 e. The molecule has 2 N–H and O–H groups in total. The first-order valence-electron chi connectivity index (χ1n) is 7.27. The summed E-state index contributed by atoms with van der Waals surface area (Å²) in [6.45, 7) is 0. The zero-order chi connectivity index (χ0) is 18.7. The van der Waals surface area contributed by atoms with Crippen molar-refractivity contribution in [3.8, 4) is 0 Å². The van der Waals surface area contributed by atoms with Crippen molar-refractivity contribution in [2.45, 2.75) is 6.18 Å². The van der Waals surface area contributed by atoms with Gasteiger partial charge in [-0.3, -0.25) is 4.79 Å². The molecule has 0 unspecified atom stereocenters. The number of carbonyl (C=O) groups is 1. The maximum atomic E-state index is 12.9. The van der Waals surface area contributed by atoms with Gasteiger partial charge in [-0.25, -0.2) is 4.98 Å². The van der Waals surface area contributed by atoms with Crippen molar-refractivity contribution in [2.75, 3.05) is 10.6 Å². The fourth-order valence-corrected chi connectivity index (χ4v) is 2.94. The van der Waals surface area contributed by atoms with Crippen molar-refractivity contribution in [3.63, 3.8) is 0 Å². The minimum atomic E-state index is -4.60. The van der Waals surface area contributed by atoms with Crippen molar-refractivity contribution >= 4 is 45.4 Å². The summed E-state index contributed by atoms with van der Waals surface area (Å²) in [5.74, 6) is -0.539. The monoisotopic (exact) mass is 397 g/mol. The highest BCUT2D eigenvalue weighted by Gasteiger charge is 2.33. The molecular formula is C17H11ClF3N3OS. The number of benzene rings is 2. The van der Waals surface area contributed by atoms with Crippen LogP contribution in [-0.4, -0.2) is 10.9 Å². The molecule has 1 amide bonds. The van der Waals surface area contributed by atoms with Crippen LogP contribution in [0.25, 0.3) is 0 Å². The van der Waals surface area contributed by atoms with Gasteiger partial charge in [-0.05, 0) is 36.4 Å². The zero-order valence-corrected chi connectivity index (χ0v) is 14.5. The molecule has 1 heterocycles. The molecule has 0 radical (unpaired) electrons. The standard InChI is InChI=1S/C17H11ClF3N3OS/c18-14-5-4-12(9-13(14)17(19,20)21)23-15(25)10-2-1-3-11(8-10)24-16-22-6-7-26-16/h1-9H,(H,22,24)(H,23,25). The minimum Gasteiger partial charge on any atom is -0.332 e. The maximum Gasteiger partial charge on any atom is 0.417 e. The fraction of sp³-hybridized carbons (Fsp3) is 0.0588. The number of amides is 1. The number of nitrogens with one attached hydrogen (secondary N) is 2. The molecule has 1 aromatic heterocycles. The van der Waals surface area contributed by atoms with Crippen molar-refractivity contribution in [1.82, 2.24) is 4.98 Å². The number of carbonyl (C=O) groups excluding carboxylic acids is 1. The van der Waals surface area contributed by atoms with Gasteiger partial charge in [-0.1, -0.05) is 17.7 Å². The third-order valence-electron chi connectivity index (χ3n) is 3.34. The molecule has 0 fully saturated rings. The number of thiazole rings is 1. The first-order valence-corrected chi connectivity index (χ1v) is 8.53. The van der Waals surface area contributed by atoms with E-state index < -0.39 is 22.7 Å². The largest absolute Gasteiger partial charge is 0.417 e. The van der Waals surface area contributed by atoms with Crippen molar-refractivity contribution in [1.29, 1.82) is 0 Å². The fourth-order valence-electron chi connectivity index (χ4n) is 2.17. The summed E-state index contributed by atoms with van der Waals surface area (Å²) in [6, 6.07) is 9.77. The predicted molar refractivity (Wildman–Crippen MR) is 96.2 cm³/mol. The van der Waals surface area contributed by atoms with Gasteiger partial charge >= 0.3 is 6.18 Å². The second-order valence-electron chi connectivity index (χ2n) is 5.19. The van der Waals surface area contributed by atoms with Crippen LogP contribution < -0.4 is 10.6 Å². The molecule has 0 aliphatic heterocycles. The summed E-state index contributed by atoms with van der Waals surface area (Å²) in [7, 11) is 0. The Bertz CT molecular complexity index is 929. The minimum absolute atomic E-state index is 0.00464. The molecule has 0 saturated carbocycles. The van der Waals surface area contributed by atoms with Gasteiger partial charge in [0.2, 0.25) is 0 Å². The number of halogens is 4. The summed E-state index contributed by atoms with van der Waals surface area (Å²) in [5, 5.41) is 7.53. The van der Waals surface area contributed by atoms with Crippen molar-refractivity contribution in [3.05, 3.63) is 70.2 Å². The molecular weight excluding hydrogens is 387 g/mol. The number of rotatable bonds is 4. The topological polar surface area (TPSA) is 54.0 Å². The quantitative estimate of drug-likeness (QED) is 0.584. The Kier molecular flexibility index (Phi) is 5.15. The van der Waals surface area contributed by atoms with Crippen LogP contribution in [-0.2, 0) is 6.18 Å². The molecule has 4 nitrogen and oxygen atoms in total. The molecule has 0 saturated heterocycles. The Balaban J connectivity index is 1.78. The van der Waals surface area contributed by atoms with Crippen LogP contribution in [0.4, 0.5) is 29.7 Å². The van der Waals surface area contributed by atoms with Gasteiger partial charge < -0.3 is 10.6 Å². The molecule has 9 heteroatoms. The first kappa shape index (κ1) is 18.2. The second-order valence-corrected chi connectivity index (χ2v) is 6.49. The van der Waals surface area contributed by atoms with Crippen LogP contribution in [0.2, 0.25) is 5.02 Å². The van der Waals surface area contributed by atoms with E-state index >= 15 is 0 Å². The van der Waals surface area contributed by atoms with Gasteiger partial charge in [-0.2, -0.15) is 13.2 Å². The summed E-state index contributed by atoms with van der Waals surface area (Å²) in [5.41, 5.74) is -0.0732. The molecule has 0 aliphatic carbocycles. The lowest BCUT2D eigenvalue weighted by Gasteiger charge is -2.12. The van der Waals surface area contributed by atoms with Crippen LogP contribution >= 0.6 is 22.9 Å². The summed E-state index contributed by atoms with van der Waals surface area (Å²) in [6.07, 6.45) is -2.96. The average molecular weight is 398 g/mol. The number of nitrogens with zero attached hydrogens (tertiary/aromatic N) is 1. The number of aromatic nitrogens is 1. The maximum absolute atomic E-state index is 12.9. The summed E-state index contributed by atoms with van der Waals surface area (Å²) in [4.78, 5) is 16.4. The first-order chi connectivity index (χ1) is 12.3. The lowest BCUT2D eigenvalue weighted by atomic mass is 10.1. The van der Waals surface area contributed by atoms with Crippen LogP contribution in [0.1, 0.15) is 15.9 Å². The Morgan fingerprint density at radius 1 is 1.12 bits per heavy atom. The van der Waals surface area contributed by atoms with E-state index in [1.807, 2.05) is 0 Å². The highest BCUT2D eigenvalue weighted by molar-refractivity contribution is 7.13. The van der Waals surface area contributed by atoms with Gasteiger partial charge in [-0.15, -0.1) is 11.3 Å². The van der Waals surface area contributed by atoms with Crippen LogP contribution in [0.5, 0.6) is 0 Å². The molecule has 0 spiro atoms. The Hall–Kier alpha value is -2.58. The molecule has 3 aromatic rings. The number of hydrogen-bond acceptors (Lipinski definition) is 4. The van der Waals surface area contributed by atoms with Crippen LogP contribution in [0.3, 0.4) is 0 Å². The summed E-state index contributed by atoms with van der Waals surface area (Å²) >= 11 is 6.97. The molecule has 0 atom stereocenters. The third-order valence-corrected chi connectivity index (χ3v) is 4.36. The van der Waals surface area contributed by atoms with E-state index in [1.165, 1.54) is 17.4 Å². The summed E-state index contributed by atoms with van der Waals surface area (Å²) < 4.78 is 38.7. The van der Waals surface area contributed by atoms with Crippen LogP contribution in [0, 0.1) is 0 Å². The molecule has 26 heavy (non-hydrogen) atoms. The highest BCUT2D eigenvalue weighted by Crippen LogP contribution is 2.36. The second kappa shape index (κ2) is 7.35. The SMILES string of the molecule is O=C(Nc1ccc(Cl)c(C(F)(F)F)c1)c1cccc(Nc2nccs2)c1. The van der Waals surface area contributed by atoms with E-state index in [0.717, 1.165) is 12.1 Å². The van der Waals surface area contributed by atoms with Gasteiger partial charge in [0.1, 0.15) is 0 Å². The zero-order valence-electron chi connectivity index (χ0n) is 13.0. The van der Waals surface area contributed by atoms with Gasteiger partial charge in [0.25, 0.3) is 5.91 Å². The normalized spacial score (nSPS) is 11.2. The van der Waals surface area contributed by atoms with E-state index in [2.05, 4.69) is 15.6 Å². The van der Waals surface area contributed by atoms with E-state index in [4.69, 9.17) is 11.6 Å². The lowest BCUT2D eigenvalue weighted by molar-refractivity contribution is -0.137. The number of hydrogen-bond donors (Lipinski definition) is 2. The van der Waals surface area contributed by atoms with Gasteiger partial charge in [0.05, 0.1) is 10.6 Å². The Morgan fingerprint density at radius 3 is 2.62 bits per heavy atom. The van der Waals surface area contributed by atoms with Crippen molar-refractivity contribution in [2.24, 2.45) is 0 Å². The molecule has 0 bridgehead atoms. The van der Waals surface area contributed by atoms with E-state index in [0.29, 0.717) is 10.8 Å². The number of alkyl halides is 3. The Labute approximate surface area is 155 Å². The molecule has 134 valence electrons. The van der Waals surface area contributed by atoms with Gasteiger partial charge in [0.15, 0.2) is 5.13 Å². The molecule has 2 aromatic carbocycles. The van der Waals surface area contributed by atoms with Crippen LogP contribution in [0.15, 0.2) is 54.0 Å². The Morgan fingerprint density at radius 2 is 1.92 bits per heavy atom. The average Bonchev–Trinajstić information content (AvgIpc) is 3.09. The van der Waals surface area contributed by atoms with Gasteiger partial charge in [0, 0.05) is 28.5 Å². The number of anilines is 3. The van der Waals surface area contributed by atoms with E-state index in [-0.39, 0.29) is 11.3 Å². The highest BCUT2D eigenvalue weighted by atomic mass is 35.5. The van der Waals surface area contributed by atoms with E-state index in [9.17, 15) is 18.0 Å².